The van der Waals surface area contributed by atoms with Crippen LogP contribution in [-0.2, 0) is 0 Å². The molecule has 0 fully saturated rings. The van der Waals surface area contributed by atoms with E-state index in [1.54, 1.807) is 24.3 Å². The van der Waals surface area contributed by atoms with Gasteiger partial charge in [0.1, 0.15) is 0 Å². The number of nitrogens with two attached hydrogens (primary N) is 1. The zero-order valence-corrected chi connectivity index (χ0v) is 12.1. The highest BCUT2D eigenvalue weighted by atomic mass is 16.3. The van der Waals surface area contributed by atoms with Crippen molar-refractivity contribution in [2.75, 3.05) is 18.5 Å². The zero-order valence-electron chi connectivity index (χ0n) is 12.1. The minimum Gasteiger partial charge on any atom is -0.395 e. The molecule has 1 aliphatic rings. The number of aliphatic hydroxyl groups excluding tert-OH is 1. The molecule has 0 saturated heterocycles. The SMILES string of the molecule is NC(=O)c1ccc2c(c1NCCO)C(=O)c1ccccc1C2=O. The molecule has 0 heterocycles. The first-order valence-electron chi connectivity index (χ1n) is 7.06. The normalized spacial score (nSPS) is 12.6. The molecule has 0 saturated carbocycles. The van der Waals surface area contributed by atoms with E-state index in [2.05, 4.69) is 5.32 Å². The third kappa shape index (κ3) is 2.29. The van der Waals surface area contributed by atoms with E-state index in [1.165, 1.54) is 12.1 Å². The van der Waals surface area contributed by atoms with Gasteiger partial charge in [-0.2, -0.15) is 0 Å². The molecule has 0 aliphatic heterocycles. The molecule has 23 heavy (non-hydrogen) atoms. The van der Waals surface area contributed by atoms with Crippen LogP contribution in [-0.4, -0.2) is 35.7 Å². The van der Waals surface area contributed by atoms with E-state index in [4.69, 9.17) is 10.8 Å². The first-order valence-corrected chi connectivity index (χ1v) is 7.06. The van der Waals surface area contributed by atoms with E-state index in [0.29, 0.717) is 11.1 Å². The zero-order chi connectivity index (χ0) is 16.6. The molecular formula is C17H14N2O4. The lowest BCUT2D eigenvalue weighted by molar-refractivity contribution is 0.0977. The largest absolute Gasteiger partial charge is 0.395 e. The van der Waals surface area contributed by atoms with Crippen LogP contribution in [0.2, 0.25) is 0 Å². The van der Waals surface area contributed by atoms with Crippen LogP contribution in [0.25, 0.3) is 0 Å². The molecule has 0 radical (unpaired) electrons. The molecule has 0 atom stereocenters. The van der Waals surface area contributed by atoms with Crippen LogP contribution in [0.1, 0.15) is 42.2 Å². The Morgan fingerprint density at radius 1 is 1.00 bits per heavy atom. The van der Waals surface area contributed by atoms with Gasteiger partial charge in [-0.05, 0) is 12.1 Å². The monoisotopic (exact) mass is 310 g/mol. The second kappa shape index (κ2) is 5.66. The molecule has 3 rings (SSSR count). The fraction of sp³-hybridized carbons (Fsp3) is 0.118. The van der Waals surface area contributed by atoms with Gasteiger partial charge in [0.05, 0.1) is 23.4 Å². The van der Waals surface area contributed by atoms with Crippen LogP contribution in [0.4, 0.5) is 5.69 Å². The van der Waals surface area contributed by atoms with Crippen molar-refractivity contribution in [2.24, 2.45) is 5.73 Å². The number of nitrogens with one attached hydrogen (secondary N) is 1. The first-order chi connectivity index (χ1) is 11.1. The highest BCUT2D eigenvalue weighted by Crippen LogP contribution is 2.34. The van der Waals surface area contributed by atoms with Gasteiger partial charge in [-0.15, -0.1) is 0 Å². The van der Waals surface area contributed by atoms with Gasteiger partial charge in [-0.1, -0.05) is 24.3 Å². The molecule has 0 unspecified atom stereocenters. The lowest BCUT2D eigenvalue weighted by Crippen LogP contribution is -2.26. The summed E-state index contributed by atoms with van der Waals surface area (Å²) < 4.78 is 0. The smallest absolute Gasteiger partial charge is 0.250 e. The number of benzene rings is 2. The number of fused-ring (bicyclic) bond motifs is 2. The molecular weight excluding hydrogens is 296 g/mol. The van der Waals surface area contributed by atoms with Gasteiger partial charge in [0.25, 0.3) is 5.91 Å². The van der Waals surface area contributed by atoms with Crippen molar-refractivity contribution >= 4 is 23.2 Å². The average Bonchev–Trinajstić information content (AvgIpc) is 2.56. The van der Waals surface area contributed by atoms with Crippen molar-refractivity contribution in [1.29, 1.82) is 0 Å². The topological polar surface area (TPSA) is 109 Å². The number of hydrogen-bond donors (Lipinski definition) is 3. The van der Waals surface area contributed by atoms with Crippen LogP contribution in [0.15, 0.2) is 36.4 Å². The molecule has 0 bridgehead atoms. The summed E-state index contributed by atoms with van der Waals surface area (Å²) in [4.78, 5) is 37.0. The van der Waals surface area contributed by atoms with Crippen molar-refractivity contribution in [3.8, 4) is 0 Å². The summed E-state index contributed by atoms with van der Waals surface area (Å²) in [6.45, 7) is -0.0690. The summed E-state index contributed by atoms with van der Waals surface area (Å²) in [5, 5.41) is 11.8. The van der Waals surface area contributed by atoms with Crippen LogP contribution in [0.5, 0.6) is 0 Å². The Bertz CT molecular complexity index is 842. The molecule has 2 aromatic rings. The summed E-state index contributed by atoms with van der Waals surface area (Å²) in [5.74, 6) is -1.34. The third-order valence-electron chi connectivity index (χ3n) is 3.77. The molecule has 1 amide bonds. The second-order valence-electron chi connectivity index (χ2n) is 5.13. The lowest BCUT2D eigenvalue weighted by Gasteiger charge is -2.22. The maximum Gasteiger partial charge on any atom is 0.250 e. The fourth-order valence-corrected chi connectivity index (χ4v) is 2.76. The Morgan fingerprint density at radius 2 is 1.65 bits per heavy atom. The van der Waals surface area contributed by atoms with Gasteiger partial charge in [0.15, 0.2) is 11.6 Å². The van der Waals surface area contributed by atoms with E-state index < -0.39 is 5.91 Å². The molecule has 6 heteroatoms. The van der Waals surface area contributed by atoms with Crippen molar-refractivity contribution < 1.29 is 19.5 Å². The van der Waals surface area contributed by atoms with Crippen LogP contribution < -0.4 is 11.1 Å². The highest BCUT2D eigenvalue weighted by molar-refractivity contribution is 6.31. The number of hydrogen-bond acceptors (Lipinski definition) is 5. The van der Waals surface area contributed by atoms with Gasteiger partial charge in [-0.3, -0.25) is 14.4 Å². The van der Waals surface area contributed by atoms with E-state index in [1.807, 2.05) is 0 Å². The quantitative estimate of drug-likeness (QED) is 0.665. The van der Waals surface area contributed by atoms with Gasteiger partial charge in [-0.25, -0.2) is 0 Å². The standard InChI is InChI=1S/C17H14N2O4/c18-17(23)12-6-5-11-13(14(12)19-7-8-20)16(22)10-4-2-1-3-9(10)15(11)21/h1-6,19-20H,7-8H2,(H2,18,23). The predicted molar refractivity (Wildman–Crippen MR) is 83.8 cm³/mol. The molecule has 1 aliphatic carbocycles. The van der Waals surface area contributed by atoms with Crippen LogP contribution in [0, 0.1) is 0 Å². The molecule has 116 valence electrons. The summed E-state index contributed by atoms with van der Waals surface area (Å²) in [6.07, 6.45) is 0. The number of aliphatic hydroxyl groups is 1. The maximum atomic E-state index is 12.8. The number of carbonyl (C=O) groups excluding carboxylic acids is 3. The second-order valence-corrected chi connectivity index (χ2v) is 5.13. The molecule has 4 N–H and O–H groups in total. The molecule has 6 nitrogen and oxygen atoms in total. The number of ketones is 2. The molecule has 0 spiro atoms. The summed E-state index contributed by atoms with van der Waals surface area (Å²) >= 11 is 0. The minimum absolute atomic E-state index is 0.109. The Kier molecular flexibility index (Phi) is 3.67. The summed E-state index contributed by atoms with van der Waals surface area (Å²) in [6, 6.07) is 9.40. The first kappa shape index (κ1) is 14.9. The van der Waals surface area contributed by atoms with Gasteiger partial charge in [0, 0.05) is 23.2 Å². The van der Waals surface area contributed by atoms with Crippen LogP contribution in [0.3, 0.4) is 0 Å². The Hall–Kier alpha value is -2.99. The third-order valence-corrected chi connectivity index (χ3v) is 3.77. The van der Waals surface area contributed by atoms with E-state index in [9.17, 15) is 14.4 Å². The van der Waals surface area contributed by atoms with E-state index in [-0.39, 0.29) is 47.1 Å². The average molecular weight is 310 g/mol. The predicted octanol–water partition coefficient (Wildman–Crippen LogP) is 0.965. The molecule has 2 aromatic carbocycles. The van der Waals surface area contributed by atoms with E-state index in [0.717, 1.165) is 0 Å². The Balaban J connectivity index is 2.27. The lowest BCUT2D eigenvalue weighted by atomic mass is 9.82. The van der Waals surface area contributed by atoms with Crippen LogP contribution >= 0.6 is 0 Å². The van der Waals surface area contributed by atoms with Gasteiger partial charge >= 0.3 is 0 Å². The Labute approximate surface area is 131 Å². The number of anilines is 1. The maximum absolute atomic E-state index is 12.8. The molecule has 0 aromatic heterocycles. The number of rotatable bonds is 4. The van der Waals surface area contributed by atoms with E-state index >= 15 is 0 Å². The minimum atomic E-state index is -0.715. The number of carbonyl (C=O) groups is 3. The van der Waals surface area contributed by atoms with Gasteiger partial charge < -0.3 is 16.2 Å². The highest BCUT2D eigenvalue weighted by Gasteiger charge is 2.33. The number of primary amides is 1. The fourth-order valence-electron chi connectivity index (χ4n) is 2.76. The Morgan fingerprint density at radius 3 is 2.26 bits per heavy atom. The van der Waals surface area contributed by atoms with Crippen molar-refractivity contribution in [1.82, 2.24) is 0 Å². The number of amides is 1. The summed E-state index contributed by atoms with van der Waals surface area (Å²) in [7, 11) is 0. The van der Waals surface area contributed by atoms with Crippen molar-refractivity contribution in [3.63, 3.8) is 0 Å². The summed E-state index contributed by atoms with van der Waals surface area (Å²) in [5.41, 5.74) is 6.63. The van der Waals surface area contributed by atoms with Gasteiger partial charge in [0.2, 0.25) is 0 Å². The van der Waals surface area contributed by atoms with Crippen molar-refractivity contribution in [3.05, 3.63) is 64.2 Å². The van der Waals surface area contributed by atoms with Crippen molar-refractivity contribution in [2.45, 2.75) is 0 Å².